The van der Waals surface area contributed by atoms with Gasteiger partial charge in [-0.3, -0.25) is 9.78 Å². The number of nitrogens with zero attached hydrogens (tertiary/aromatic N) is 1. The average Bonchev–Trinajstić information content (AvgIpc) is 2.53. The monoisotopic (exact) mass is 360 g/mol. The van der Waals surface area contributed by atoms with Gasteiger partial charge < -0.3 is 5.32 Å². The molecule has 1 aromatic carbocycles. The third-order valence-corrected chi connectivity index (χ3v) is 4.84. The van der Waals surface area contributed by atoms with E-state index in [9.17, 15) is 13.2 Å². The number of carbonyl (C=O) groups is 1. The van der Waals surface area contributed by atoms with Crippen molar-refractivity contribution in [1.29, 1.82) is 0 Å². The summed E-state index contributed by atoms with van der Waals surface area (Å²) in [6, 6.07) is 9.64. The van der Waals surface area contributed by atoms with Crippen molar-refractivity contribution >= 4 is 15.7 Å². The van der Waals surface area contributed by atoms with Crippen LogP contribution in [-0.4, -0.2) is 25.6 Å². The summed E-state index contributed by atoms with van der Waals surface area (Å²) in [5.41, 5.74) is 1.25. The number of sulfone groups is 1. The molecular formula is C19H24N2O3S. The fraction of sp³-hybridized carbons (Fsp3) is 0.368. The van der Waals surface area contributed by atoms with Gasteiger partial charge in [-0.15, -0.1) is 0 Å². The van der Waals surface area contributed by atoms with Crippen molar-refractivity contribution in [3.63, 3.8) is 0 Å². The standard InChI is InChI=1S/C19H24N2O3S/c1-19(2,3)12-17(15-8-6-10-20-13-15)21-18(22)14-7-5-9-16(11-14)25(4,23)24/h5-11,13,17H,12H2,1-4H3,(H,21,22). The van der Waals surface area contributed by atoms with Crippen molar-refractivity contribution < 1.29 is 13.2 Å². The highest BCUT2D eigenvalue weighted by molar-refractivity contribution is 7.90. The van der Waals surface area contributed by atoms with Crippen molar-refractivity contribution in [1.82, 2.24) is 10.3 Å². The van der Waals surface area contributed by atoms with Crippen LogP contribution in [0.5, 0.6) is 0 Å². The maximum atomic E-state index is 12.7. The largest absolute Gasteiger partial charge is 0.345 e. The Balaban J connectivity index is 2.28. The van der Waals surface area contributed by atoms with Gasteiger partial charge in [-0.1, -0.05) is 32.9 Å². The molecule has 5 nitrogen and oxygen atoms in total. The van der Waals surface area contributed by atoms with Crippen molar-refractivity contribution in [2.75, 3.05) is 6.26 Å². The number of nitrogens with one attached hydrogen (secondary N) is 1. The lowest BCUT2D eigenvalue weighted by Gasteiger charge is -2.27. The number of rotatable bonds is 5. The molecule has 25 heavy (non-hydrogen) atoms. The topological polar surface area (TPSA) is 76.1 Å². The first-order chi connectivity index (χ1) is 11.6. The fourth-order valence-electron chi connectivity index (χ4n) is 2.56. The van der Waals surface area contributed by atoms with E-state index in [-0.39, 0.29) is 22.3 Å². The SMILES string of the molecule is CC(C)(C)CC(NC(=O)c1cccc(S(C)(=O)=O)c1)c1cccnc1. The summed E-state index contributed by atoms with van der Waals surface area (Å²) in [6.45, 7) is 6.31. The quantitative estimate of drug-likeness (QED) is 0.887. The second kappa shape index (κ2) is 7.35. The Morgan fingerprint density at radius 1 is 1.20 bits per heavy atom. The van der Waals surface area contributed by atoms with E-state index in [1.807, 2.05) is 12.1 Å². The Bertz CT molecular complexity index is 840. The van der Waals surface area contributed by atoms with Crippen LogP contribution < -0.4 is 5.32 Å². The maximum absolute atomic E-state index is 12.7. The number of amides is 1. The number of hydrogen-bond donors (Lipinski definition) is 1. The summed E-state index contributed by atoms with van der Waals surface area (Å²) in [5.74, 6) is -0.302. The zero-order chi connectivity index (χ0) is 18.7. The lowest BCUT2D eigenvalue weighted by molar-refractivity contribution is 0.0926. The molecular weight excluding hydrogens is 336 g/mol. The molecule has 1 aromatic heterocycles. The number of aromatic nitrogens is 1. The highest BCUT2D eigenvalue weighted by Crippen LogP contribution is 2.29. The summed E-state index contributed by atoms with van der Waals surface area (Å²) in [4.78, 5) is 16.9. The van der Waals surface area contributed by atoms with Crippen molar-refractivity contribution in [3.8, 4) is 0 Å². The van der Waals surface area contributed by atoms with Gasteiger partial charge in [0.1, 0.15) is 0 Å². The van der Waals surface area contributed by atoms with Crippen LogP contribution in [0.25, 0.3) is 0 Å². The molecule has 0 spiro atoms. The molecule has 134 valence electrons. The van der Waals surface area contributed by atoms with Gasteiger partial charge in [-0.25, -0.2) is 8.42 Å². The van der Waals surface area contributed by atoms with Crippen LogP contribution in [0.4, 0.5) is 0 Å². The minimum atomic E-state index is -3.36. The van der Waals surface area contributed by atoms with Crippen molar-refractivity contribution in [3.05, 3.63) is 59.9 Å². The van der Waals surface area contributed by atoms with Crippen LogP contribution >= 0.6 is 0 Å². The van der Waals surface area contributed by atoms with Gasteiger partial charge >= 0.3 is 0 Å². The summed E-state index contributed by atoms with van der Waals surface area (Å²) < 4.78 is 23.4. The van der Waals surface area contributed by atoms with E-state index in [0.717, 1.165) is 18.2 Å². The first-order valence-corrected chi connectivity index (χ1v) is 9.96. The average molecular weight is 360 g/mol. The molecule has 0 aliphatic carbocycles. The van der Waals surface area contributed by atoms with E-state index >= 15 is 0 Å². The van der Waals surface area contributed by atoms with Gasteiger partial charge in [-0.05, 0) is 41.7 Å². The molecule has 0 radical (unpaired) electrons. The van der Waals surface area contributed by atoms with Crippen LogP contribution in [0.3, 0.4) is 0 Å². The minimum Gasteiger partial charge on any atom is -0.345 e. The number of pyridine rings is 1. The Kier molecular flexibility index (Phi) is 5.62. The van der Waals surface area contributed by atoms with Gasteiger partial charge in [0.05, 0.1) is 10.9 Å². The summed E-state index contributed by atoms with van der Waals surface area (Å²) in [6.07, 6.45) is 5.29. The molecule has 1 amide bonds. The normalized spacial score (nSPS) is 13.3. The molecule has 0 bridgehead atoms. The molecule has 2 rings (SSSR count). The molecule has 2 aromatic rings. The van der Waals surface area contributed by atoms with Gasteiger partial charge in [0.15, 0.2) is 9.84 Å². The Labute approximate surface area is 149 Å². The molecule has 1 N–H and O–H groups in total. The highest BCUT2D eigenvalue weighted by Gasteiger charge is 2.23. The molecule has 0 aliphatic rings. The molecule has 6 heteroatoms. The molecule has 1 heterocycles. The second-order valence-electron chi connectivity index (χ2n) is 7.38. The smallest absolute Gasteiger partial charge is 0.251 e. The number of hydrogen-bond acceptors (Lipinski definition) is 4. The van der Waals surface area contributed by atoms with E-state index < -0.39 is 9.84 Å². The fourth-order valence-corrected chi connectivity index (χ4v) is 3.22. The predicted molar refractivity (Wildman–Crippen MR) is 98.1 cm³/mol. The first-order valence-electron chi connectivity index (χ1n) is 8.07. The van der Waals surface area contributed by atoms with Gasteiger partial charge in [0.2, 0.25) is 0 Å². The van der Waals surface area contributed by atoms with E-state index in [1.165, 1.54) is 12.1 Å². The highest BCUT2D eigenvalue weighted by atomic mass is 32.2. The van der Waals surface area contributed by atoms with Gasteiger partial charge in [-0.2, -0.15) is 0 Å². The van der Waals surface area contributed by atoms with Gasteiger partial charge in [0.25, 0.3) is 5.91 Å². The van der Waals surface area contributed by atoms with Crippen LogP contribution in [-0.2, 0) is 9.84 Å². The molecule has 0 saturated carbocycles. The Morgan fingerprint density at radius 2 is 1.92 bits per heavy atom. The maximum Gasteiger partial charge on any atom is 0.251 e. The predicted octanol–water partition coefficient (Wildman–Crippen LogP) is 3.39. The lowest BCUT2D eigenvalue weighted by Crippen LogP contribution is -2.31. The van der Waals surface area contributed by atoms with E-state index in [2.05, 4.69) is 31.1 Å². The first kappa shape index (κ1) is 19.1. The third kappa shape index (κ3) is 5.67. The minimum absolute atomic E-state index is 0.00238. The molecule has 0 aliphatic heterocycles. The van der Waals surface area contributed by atoms with E-state index in [4.69, 9.17) is 0 Å². The summed E-state index contributed by atoms with van der Waals surface area (Å²) in [7, 11) is -3.36. The molecule has 0 saturated heterocycles. The Morgan fingerprint density at radius 3 is 2.48 bits per heavy atom. The second-order valence-corrected chi connectivity index (χ2v) is 9.39. The third-order valence-electron chi connectivity index (χ3n) is 3.73. The Hall–Kier alpha value is -2.21. The summed E-state index contributed by atoms with van der Waals surface area (Å²) in [5, 5.41) is 3.01. The van der Waals surface area contributed by atoms with E-state index in [1.54, 1.807) is 24.5 Å². The van der Waals surface area contributed by atoms with Gasteiger partial charge in [0, 0.05) is 24.2 Å². The van der Waals surface area contributed by atoms with Crippen LogP contribution in [0.2, 0.25) is 0 Å². The summed E-state index contributed by atoms with van der Waals surface area (Å²) >= 11 is 0. The zero-order valence-corrected chi connectivity index (χ0v) is 15.8. The van der Waals surface area contributed by atoms with Crippen LogP contribution in [0.15, 0.2) is 53.7 Å². The molecule has 0 fully saturated rings. The molecule has 1 unspecified atom stereocenters. The van der Waals surface area contributed by atoms with E-state index in [0.29, 0.717) is 5.56 Å². The van der Waals surface area contributed by atoms with Crippen LogP contribution in [0.1, 0.15) is 49.2 Å². The van der Waals surface area contributed by atoms with Crippen molar-refractivity contribution in [2.45, 2.75) is 38.1 Å². The number of benzene rings is 1. The zero-order valence-electron chi connectivity index (χ0n) is 15.0. The lowest BCUT2D eigenvalue weighted by atomic mass is 9.85. The molecule has 1 atom stereocenters. The number of carbonyl (C=O) groups excluding carboxylic acids is 1. The van der Waals surface area contributed by atoms with Crippen molar-refractivity contribution in [2.24, 2.45) is 5.41 Å². The van der Waals surface area contributed by atoms with Crippen LogP contribution in [0, 0.1) is 5.41 Å².